The molecule has 0 atom stereocenters. The van der Waals surface area contributed by atoms with Crippen LogP contribution < -0.4 is 11.1 Å². The van der Waals surface area contributed by atoms with Crippen molar-refractivity contribution >= 4 is 11.6 Å². The standard InChI is InChI=1S/C14H17N3O2/c1-8-4-5-13(15)11(6-8)14(18)16-7-12-9(2)17-19-10(12)3/h4-6H,7,15H2,1-3H3,(H,16,18). The summed E-state index contributed by atoms with van der Waals surface area (Å²) in [5.74, 6) is 0.524. The first kappa shape index (κ1) is 13.1. The van der Waals surface area contributed by atoms with Crippen molar-refractivity contribution in [3.8, 4) is 0 Å². The summed E-state index contributed by atoms with van der Waals surface area (Å²) < 4.78 is 5.05. The molecule has 1 aromatic carbocycles. The number of nitrogen functional groups attached to an aromatic ring is 1. The molecule has 5 nitrogen and oxygen atoms in total. The Bertz CT molecular complexity index is 598. The second-order valence-corrected chi connectivity index (χ2v) is 4.58. The number of hydrogen-bond donors (Lipinski definition) is 2. The minimum absolute atomic E-state index is 0.193. The predicted octanol–water partition coefficient (Wildman–Crippen LogP) is 2.11. The fourth-order valence-corrected chi connectivity index (χ4v) is 1.88. The Hall–Kier alpha value is -2.30. The highest BCUT2D eigenvalue weighted by atomic mass is 16.5. The molecule has 100 valence electrons. The summed E-state index contributed by atoms with van der Waals surface area (Å²) in [5.41, 5.74) is 9.46. The topological polar surface area (TPSA) is 81.2 Å². The van der Waals surface area contributed by atoms with E-state index < -0.39 is 0 Å². The van der Waals surface area contributed by atoms with E-state index in [1.165, 1.54) is 0 Å². The van der Waals surface area contributed by atoms with Gasteiger partial charge in [-0.15, -0.1) is 0 Å². The lowest BCUT2D eigenvalue weighted by atomic mass is 10.1. The maximum atomic E-state index is 12.1. The van der Waals surface area contributed by atoms with Gasteiger partial charge < -0.3 is 15.6 Å². The molecule has 0 aliphatic rings. The SMILES string of the molecule is Cc1ccc(N)c(C(=O)NCc2c(C)noc2C)c1. The van der Waals surface area contributed by atoms with Crippen molar-refractivity contribution in [3.63, 3.8) is 0 Å². The predicted molar refractivity (Wildman–Crippen MR) is 72.7 cm³/mol. The molecule has 0 saturated carbocycles. The molecule has 1 aromatic heterocycles. The van der Waals surface area contributed by atoms with Gasteiger partial charge in [-0.05, 0) is 32.9 Å². The number of anilines is 1. The summed E-state index contributed by atoms with van der Waals surface area (Å²) in [6.45, 7) is 5.97. The van der Waals surface area contributed by atoms with Crippen LogP contribution in [-0.4, -0.2) is 11.1 Å². The number of aromatic nitrogens is 1. The highest BCUT2D eigenvalue weighted by Crippen LogP contribution is 2.15. The number of benzene rings is 1. The number of aryl methyl sites for hydroxylation is 3. The summed E-state index contributed by atoms with van der Waals surface area (Å²) in [6, 6.07) is 5.39. The van der Waals surface area contributed by atoms with Crippen LogP contribution in [0, 0.1) is 20.8 Å². The molecule has 1 heterocycles. The summed E-state index contributed by atoms with van der Waals surface area (Å²) >= 11 is 0. The lowest BCUT2D eigenvalue weighted by molar-refractivity contribution is 0.0951. The zero-order valence-corrected chi connectivity index (χ0v) is 11.3. The molecule has 5 heteroatoms. The third-order valence-corrected chi connectivity index (χ3v) is 3.06. The monoisotopic (exact) mass is 259 g/mol. The minimum Gasteiger partial charge on any atom is -0.398 e. The molecular formula is C14H17N3O2. The molecule has 0 aliphatic carbocycles. The van der Waals surface area contributed by atoms with Crippen LogP contribution >= 0.6 is 0 Å². The van der Waals surface area contributed by atoms with Gasteiger partial charge in [0.05, 0.1) is 11.3 Å². The van der Waals surface area contributed by atoms with Crippen molar-refractivity contribution in [1.29, 1.82) is 0 Å². The van der Waals surface area contributed by atoms with E-state index in [-0.39, 0.29) is 5.91 Å². The van der Waals surface area contributed by atoms with E-state index >= 15 is 0 Å². The summed E-state index contributed by atoms with van der Waals surface area (Å²) in [6.07, 6.45) is 0. The van der Waals surface area contributed by atoms with Crippen molar-refractivity contribution in [2.75, 3.05) is 5.73 Å². The third kappa shape index (κ3) is 2.76. The highest BCUT2D eigenvalue weighted by Gasteiger charge is 2.13. The first-order chi connectivity index (χ1) is 8.99. The van der Waals surface area contributed by atoms with Gasteiger partial charge in [0.25, 0.3) is 5.91 Å². The van der Waals surface area contributed by atoms with Gasteiger partial charge >= 0.3 is 0 Å². The second-order valence-electron chi connectivity index (χ2n) is 4.58. The molecule has 19 heavy (non-hydrogen) atoms. The van der Waals surface area contributed by atoms with Gasteiger partial charge in [-0.3, -0.25) is 4.79 Å². The Labute approximate surface area is 111 Å². The van der Waals surface area contributed by atoms with Crippen molar-refractivity contribution in [2.45, 2.75) is 27.3 Å². The largest absolute Gasteiger partial charge is 0.398 e. The van der Waals surface area contributed by atoms with Crippen molar-refractivity contribution < 1.29 is 9.32 Å². The Kier molecular flexibility index (Phi) is 3.55. The molecule has 0 fully saturated rings. The molecule has 0 radical (unpaired) electrons. The molecule has 2 rings (SSSR count). The van der Waals surface area contributed by atoms with E-state index in [0.29, 0.717) is 17.8 Å². The van der Waals surface area contributed by atoms with Crippen LogP contribution in [-0.2, 0) is 6.54 Å². The van der Waals surface area contributed by atoms with Crippen LogP contribution in [0.4, 0.5) is 5.69 Å². The van der Waals surface area contributed by atoms with Gasteiger partial charge in [0.2, 0.25) is 0 Å². The summed E-state index contributed by atoms with van der Waals surface area (Å²) in [7, 11) is 0. The second kappa shape index (κ2) is 5.14. The zero-order valence-electron chi connectivity index (χ0n) is 11.3. The first-order valence-corrected chi connectivity index (χ1v) is 6.05. The fraction of sp³-hybridized carbons (Fsp3) is 0.286. The van der Waals surface area contributed by atoms with Crippen LogP contribution in [0.15, 0.2) is 22.7 Å². The van der Waals surface area contributed by atoms with Gasteiger partial charge in [-0.2, -0.15) is 0 Å². The van der Waals surface area contributed by atoms with Crippen LogP contribution in [0.25, 0.3) is 0 Å². The van der Waals surface area contributed by atoms with Crippen LogP contribution in [0.5, 0.6) is 0 Å². The van der Waals surface area contributed by atoms with Gasteiger partial charge in [0, 0.05) is 17.8 Å². The maximum absolute atomic E-state index is 12.1. The minimum atomic E-state index is -0.193. The number of nitrogens with one attached hydrogen (secondary N) is 1. The molecule has 0 unspecified atom stereocenters. The Morgan fingerprint density at radius 2 is 2.11 bits per heavy atom. The Morgan fingerprint density at radius 3 is 2.74 bits per heavy atom. The van der Waals surface area contributed by atoms with Gasteiger partial charge in [-0.25, -0.2) is 0 Å². The van der Waals surface area contributed by atoms with E-state index in [1.54, 1.807) is 12.1 Å². The summed E-state index contributed by atoms with van der Waals surface area (Å²) in [5, 5.41) is 6.68. The van der Waals surface area contributed by atoms with Gasteiger partial charge in [-0.1, -0.05) is 16.8 Å². The average Bonchev–Trinajstić information content (AvgIpc) is 2.69. The number of nitrogens with two attached hydrogens (primary N) is 1. The third-order valence-electron chi connectivity index (χ3n) is 3.06. The molecule has 0 saturated heterocycles. The van der Waals surface area contributed by atoms with E-state index in [0.717, 1.165) is 22.6 Å². The van der Waals surface area contributed by atoms with Gasteiger partial charge in [0.15, 0.2) is 0 Å². The molecular weight excluding hydrogens is 242 g/mol. The highest BCUT2D eigenvalue weighted by molar-refractivity contribution is 5.99. The number of carbonyl (C=O) groups excluding carboxylic acids is 1. The molecule has 0 spiro atoms. The normalized spacial score (nSPS) is 10.5. The molecule has 0 bridgehead atoms. The lowest BCUT2D eigenvalue weighted by Gasteiger charge is -2.08. The molecule has 2 aromatic rings. The maximum Gasteiger partial charge on any atom is 0.253 e. The van der Waals surface area contributed by atoms with E-state index in [1.807, 2.05) is 26.8 Å². The number of carbonyl (C=O) groups is 1. The van der Waals surface area contributed by atoms with E-state index in [9.17, 15) is 4.79 Å². The average molecular weight is 259 g/mol. The van der Waals surface area contributed by atoms with Crippen LogP contribution in [0.3, 0.4) is 0 Å². The molecule has 1 amide bonds. The Morgan fingerprint density at radius 1 is 1.37 bits per heavy atom. The van der Waals surface area contributed by atoms with Crippen LogP contribution in [0.1, 0.15) is 32.9 Å². The molecule has 3 N–H and O–H groups in total. The fourth-order valence-electron chi connectivity index (χ4n) is 1.88. The smallest absolute Gasteiger partial charge is 0.253 e. The quantitative estimate of drug-likeness (QED) is 0.827. The van der Waals surface area contributed by atoms with E-state index in [2.05, 4.69) is 10.5 Å². The van der Waals surface area contributed by atoms with Crippen molar-refractivity contribution in [3.05, 3.63) is 46.3 Å². The van der Waals surface area contributed by atoms with Crippen molar-refractivity contribution in [1.82, 2.24) is 10.5 Å². The first-order valence-electron chi connectivity index (χ1n) is 6.05. The lowest BCUT2D eigenvalue weighted by Crippen LogP contribution is -2.24. The van der Waals surface area contributed by atoms with Crippen LogP contribution in [0.2, 0.25) is 0 Å². The van der Waals surface area contributed by atoms with Crippen molar-refractivity contribution in [2.24, 2.45) is 0 Å². The number of hydrogen-bond acceptors (Lipinski definition) is 4. The Balaban J connectivity index is 2.12. The number of rotatable bonds is 3. The van der Waals surface area contributed by atoms with Gasteiger partial charge in [0.1, 0.15) is 5.76 Å². The molecule has 0 aliphatic heterocycles. The number of nitrogens with zero attached hydrogens (tertiary/aromatic N) is 1. The number of amides is 1. The zero-order chi connectivity index (χ0) is 14.0. The van der Waals surface area contributed by atoms with E-state index in [4.69, 9.17) is 10.3 Å². The summed E-state index contributed by atoms with van der Waals surface area (Å²) in [4.78, 5) is 12.1.